The van der Waals surface area contributed by atoms with Crippen LogP contribution in [0.4, 0.5) is 13.2 Å². The summed E-state index contributed by atoms with van der Waals surface area (Å²) in [6, 6.07) is 11.9. The zero-order valence-corrected chi connectivity index (χ0v) is 22.3. The predicted octanol–water partition coefficient (Wildman–Crippen LogP) is 4.07. The van der Waals surface area contributed by atoms with Gasteiger partial charge in [-0.2, -0.15) is 13.2 Å². The number of methoxy groups -OCH3 is 2. The highest BCUT2D eigenvalue weighted by Gasteiger charge is 2.38. The molecule has 9 nitrogen and oxygen atoms in total. The molecule has 39 heavy (non-hydrogen) atoms. The number of aliphatic hydroxyl groups excluding tert-OH is 1. The third kappa shape index (κ3) is 10.8. The van der Waals surface area contributed by atoms with Gasteiger partial charge in [-0.25, -0.2) is 4.79 Å². The summed E-state index contributed by atoms with van der Waals surface area (Å²) in [5.74, 6) is -0.986. The summed E-state index contributed by atoms with van der Waals surface area (Å²) in [7, 11) is 3.15. The van der Waals surface area contributed by atoms with Gasteiger partial charge >= 0.3 is 12.1 Å². The first-order valence-corrected chi connectivity index (χ1v) is 12.4. The predicted molar refractivity (Wildman–Crippen MR) is 137 cm³/mol. The number of carbonyl (C=O) groups is 2. The molecule has 0 aliphatic carbocycles. The molecule has 0 radical (unpaired) electrons. The van der Waals surface area contributed by atoms with Gasteiger partial charge in [-0.05, 0) is 67.9 Å². The van der Waals surface area contributed by atoms with E-state index in [-0.39, 0.29) is 18.9 Å². The number of hydrogen-bond acceptors (Lipinski definition) is 7. The van der Waals surface area contributed by atoms with Crippen LogP contribution in [0.1, 0.15) is 30.9 Å². The van der Waals surface area contributed by atoms with E-state index in [1.807, 2.05) is 0 Å². The summed E-state index contributed by atoms with van der Waals surface area (Å²) in [6.07, 6.45) is -3.55. The number of aliphatic carboxylic acids is 1. The Morgan fingerprint density at radius 2 is 1.64 bits per heavy atom. The van der Waals surface area contributed by atoms with E-state index in [4.69, 9.17) is 35.7 Å². The lowest BCUT2D eigenvalue weighted by atomic mass is 10.0. The minimum Gasteiger partial charge on any atom is -0.497 e. The molecule has 3 N–H and O–H groups in total. The molecule has 216 valence electrons. The van der Waals surface area contributed by atoms with Crippen molar-refractivity contribution in [3.63, 3.8) is 0 Å². The van der Waals surface area contributed by atoms with Crippen molar-refractivity contribution in [3.05, 3.63) is 53.1 Å². The molecule has 0 spiro atoms. The van der Waals surface area contributed by atoms with Crippen molar-refractivity contribution in [1.29, 1.82) is 0 Å². The number of aliphatic hydroxyl groups is 1. The Labute approximate surface area is 229 Å². The maximum atomic E-state index is 12.6. The number of benzene rings is 2. The van der Waals surface area contributed by atoms with Crippen LogP contribution in [0.2, 0.25) is 5.02 Å². The second kappa shape index (κ2) is 15.4. The highest BCUT2D eigenvalue weighted by atomic mass is 35.5. The van der Waals surface area contributed by atoms with Crippen molar-refractivity contribution in [2.45, 2.75) is 37.6 Å². The van der Waals surface area contributed by atoms with E-state index in [0.29, 0.717) is 28.6 Å². The van der Waals surface area contributed by atoms with Crippen LogP contribution in [-0.4, -0.2) is 79.7 Å². The average molecular weight is 577 g/mol. The first-order chi connectivity index (χ1) is 18.4. The lowest BCUT2D eigenvalue weighted by Crippen LogP contribution is -2.47. The van der Waals surface area contributed by atoms with Crippen molar-refractivity contribution in [1.82, 2.24) is 10.2 Å². The highest BCUT2D eigenvalue weighted by molar-refractivity contribution is 6.32. The van der Waals surface area contributed by atoms with E-state index < -0.39 is 24.3 Å². The molecule has 0 bridgehead atoms. The fourth-order valence-corrected chi connectivity index (χ4v) is 4.05. The van der Waals surface area contributed by atoms with Crippen LogP contribution >= 0.6 is 11.6 Å². The van der Waals surface area contributed by atoms with Gasteiger partial charge in [-0.15, -0.1) is 0 Å². The number of carbonyl (C=O) groups excluding carboxylic acids is 1. The van der Waals surface area contributed by atoms with Crippen LogP contribution in [0.5, 0.6) is 17.2 Å². The van der Waals surface area contributed by atoms with Crippen LogP contribution in [-0.2, 0) is 9.59 Å². The Morgan fingerprint density at radius 3 is 2.15 bits per heavy atom. The number of nitrogens with zero attached hydrogens (tertiary/aromatic N) is 1. The molecule has 2 aromatic carbocycles. The van der Waals surface area contributed by atoms with Gasteiger partial charge in [0.1, 0.15) is 23.4 Å². The molecule has 0 unspecified atom stereocenters. The molecule has 3 rings (SSSR count). The summed E-state index contributed by atoms with van der Waals surface area (Å²) < 4.78 is 47.7. The Bertz CT molecular complexity index is 1060. The van der Waals surface area contributed by atoms with Gasteiger partial charge in [0, 0.05) is 6.54 Å². The lowest BCUT2D eigenvalue weighted by Gasteiger charge is -2.29. The number of ether oxygens (including phenoxy) is 3. The lowest BCUT2D eigenvalue weighted by molar-refractivity contribution is -0.192. The summed E-state index contributed by atoms with van der Waals surface area (Å²) >= 11 is 6.24. The maximum Gasteiger partial charge on any atom is 0.490 e. The fraction of sp³-hybridized carbons (Fsp3) is 0.462. The zero-order valence-electron chi connectivity index (χ0n) is 21.5. The normalized spacial score (nSPS) is 14.9. The summed E-state index contributed by atoms with van der Waals surface area (Å²) in [5.41, 5.74) is 0.634. The minimum atomic E-state index is -5.08. The smallest absolute Gasteiger partial charge is 0.490 e. The number of likely N-dealkylation sites (tertiary alicyclic amines) is 1. The molecule has 0 aromatic heterocycles. The average Bonchev–Trinajstić information content (AvgIpc) is 3.41. The van der Waals surface area contributed by atoms with Crippen LogP contribution in [0.15, 0.2) is 42.5 Å². The number of rotatable bonds is 11. The monoisotopic (exact) mass is 576 g/mol. The van der Waals surface area contributed by atoms with E-state index in [1.165, 1.54) is 0 Å². The Hall–Kier alpha value is -3.22. The summed E-state index contributed by atoms with van der Waals surface area (Å²) in [5, 5.41) is 21.6. The molecule has 0 saturated carbocycles. The van der Waals surface area contributed by atoms with Gasteiger partial charge in [-0.3, -0.25) is 4.79 Å². The Kier molecular flexibility index (Phi) is 12.6. The zero-order chi connectivity index (χ0) is 29.0. The quantitative estimate of drug-likeness (QED) is 0.366. The number of hydrogen-bond donors (Lipinski definition) is 3. The maximum absolute atomic E-state index is 12.6. The van der Waals surface area contributed by atoms with Crippen molar-refractivity contribution in [2.75, 3.05) is 40.5 Å². The first kappa shape index (κ1) is 32.0. The van der Waals surface area contributed by atoms with Gasteiger partial charge in [0.25, 0.3) is 0 Å². The number of carboxylic acid groups (broad SMARTS) is 1. The fourth-order valence-electron chi connectivity index (χ4n) is 3.78. The van der Waals surface area contributed by atoms with E-state index >= 15 is 0 Å². The summed E-state index contributed by atoms with van der Waals surface area (Å²) in [4.78, 5) is 23.8. The van der Waals surface area contributed by atoms with Gasteiger partial charge in [0.15, 0.2) is 0 Å². The number of alkyl halides is 3. The largest absolute Gasteiger partial charge is 0.497 e. The SMILES string of the molecule is COc1ccc(OCCC(=O)N[C@H](CN2CCCC2)[C@H](O)c2ccc(OC)c(Cl)c2)cc1.O=C(O)C(F)(F)F. The molecule has 1 saturated heterocycles. The van der Waals surface area contributed by atoms with Crippen LogP contribution in [0, 0.1) is 0 Å². The van der Waals surface area contributed by atoms with Gasteiger partial charge in [0.2, 0.25) is 5.91 Å². The molecular formula is C26H32ClF3N2O7. The van der Waals surface area contributed by atoms with Crippen molar-refractivity contribution in [2.24, 2.45) is 0 Å². The second-order valence-electron chi connectivity index (χ2n) is 8.60. The van der Waals surface area contributed by atoms with E-state index in [2.05, 4.69) is 10.2 Å². The minimum absolute atomic E-state index is 0.179. The van der Waals surface area contributed by atoms with Crippen molar-refractivity contribution < 1.29 is 47.2 Å². The first-order valence-electron chi connectivity index (χ1n) is 12.0. The third-order valence-corrected chi connectivity index (χ3v) is 6.09. The molecule has 1 aliphatic heterocycles. The van der Waals surface area contributed by atoms with Crippen LogP contribution in [0.25, 0.3) is 0 Å². The standard InChI is InChI=1S/C24H31ClN2O5.C2HF3O2/c1-30-18-6-8-19(9-7-18)32-14-11-23(28)26-21(16-27-12-3-4-13-27)24(29)17-5-10-22(31-2)20(25)15-17;3-2(4,5)1(6)7/h5-10,15,21,24,29H,3-4,11-14,16H2,1-2H3,(H,26,28);(H,6,7)/t21-,24-;/m1./s1. The van der Waals surface area contributed by atoms with Gasteiger partial charge in [0.05, 0.1) is 38.3 Å². The second-order valence-corrected chi connectivity index (χ2v) is 9.00. The topological polar surface area (TPSA) is 118 Å². The molecule has 1 aliphatic rings. The van der Waals surface area contributed by atoms with E-state index in [1.54, 1.807) is 56.7 Å². The van der Waals surface area contributed by atoms with Crippen molar-refractivity contribution >= 4 is 23.5 Å². The van der Waals surface area contributed by atoms with Gasteiger partial charge in [-0.1, -0.05) is 17.7 Å². The molecule has 1 heterocycles. The molecule has 2 atom stereocenters. The third-order valence-electron chi connectivity index (χ3n) is 5.80. The van der Waals surface area contributed by atoms with Crippen LogP contribution in [0.3, 0.4) is 0 Å². The number of nitrogens with one attached hydrogen (secondary N) is 1. The number of amides is 1. The molecular weight excluding hydrogens is 545 g/mol. The molecule has 2 aromatic rings. The Morgan fingerprint density at radius 1 is 1.05 bits per heavy atom. The van der Waals surface area contributed by atoms with Crippen molar-refractivity contribution in [3.8, 4) is 17.2 Å². The van der Waals surface area contributed by atoms with Crippen LogP contribution < -0.4 is 19.5 Å². The molecule has 13 heteroatoms. The molecule has 1 amide bonds. The highest BCUT2D eigenvalue weighted by Crippen LogP contribution is 2.29. The Balaban J connectivity index is 0.000000673. The number of carboxylic acids is 1. The van der Waals surface area contributed by atoms with Gasteiger partial charge < -0.3 is 34.6 Å². The molecule has 1 fully saturated rings. The number of halogens is 4. The van der Waals surface area contributed by atoms with E-state index in [9.17, 15) is 23.1 Å². The summed E-state index contributed by atoms with van der Waals surface area (Å²) in [6.45, 7) is 2.72. The van der Waals surface area contributed by atoms with E-state index in [0.717, 1.165) is 31.7 Å².